The molecule has 24 heavy (non-hydrogen) atoms. The molecule has 2 aromatic rings. The summed E-state index contributed by atoms with van der Waals surface area (Å²) in [4.78, 5) is 25.3. The van der Waals surface area contributed by atoms with Gasteiger partial charge in [0.25, 0.3) is 0 Å². The molecular weight excluding hydrogens is 375 g/mol. The largest absolute Gasteiger partial charge is 0.352 e. The van der Waals surface area contributed by atoms with Gasteiger partial charge in [0.05, 0.1) is 0 Å². The quantitative estimate of drug-likeness (QED) is 0.815. The fraction of sp³-hybridized carbons (Fsp3) is 0.222. The van der Waals surface area contributed by atoms with Gasteiger partial charge < -0.3 is 10.2 Å². The summed E-state index contributed by atoms with van der Waals surface area (Å²) in [5.74, 6) is -0.594. The summed E-state index contributed by atoms with van der Waals surface area (Å²) in [6.45, 7) is 2.10. The fourth-order valence-electron chi connectivity index (χ4n) is 2.19. The Morgan fingerprint density at radius 2 is 1.71 bits per heavy atom. The van der Waals surface area contributed by atoms with Crippen LogP contribution in [0, 0.1) is 5.82 Å². The van der Waals surface area contributed by atoms with Crippen LogP contribution in [-0.2, 0) is 16.1 Å². The molecule has 126 valence electrons. The van der Waals surface area contributed by atoms with Gasteiger partial charge in [-0.25, -0.2) is 4.39 Å². The molecule has 0 saturated heterocycles. The van der Waals surface area contributed by atoms with Gasteiger partial charge in [-0.3, -0.25) is 9.59 Å². The maximum atomic E-state index is 12.8. The number of anilines is 1. The molecule has 0 fully saturated rings. The molecule has 2 amide bonds. The molecule has 0 spiro atoms. The van der Waals surface area contributed by atoms with Crippen molar-refractivity contribution in [1.29, 1.82) is 0 Å². The van der Waals surface area contributed by atoms with Gasteiger partial charge in [0.2, 0.25) is 11.8 Å². The highest BCUT2D eigenvalue weighted by atomic mass is 79.9. The molecular formula is C18H18BrFN2O2. The Morgan fingerprint density at radius 3 is 2.29 bits per heavy atom. The first-order chi connectivity index (χ1) is 11.5. The molecule has 6 heteroatoms. The number of halogens is 2. The molecule has 0 saturated carbocycles. The summed E-state index contributed by atoms with van der Waals surface area (Å²) in [6.07, 6.45) is 0.191. The zero-order chi connectivity index (χ0) is 17.5. The molecule has 0 bridgehead atoms. The number of amides is 2. The highest BCUT2D eigenvalue weighted by molar-refractivity contribution is 9.10. The second-order valence-electron chi connectivity index (χ2n) is 5.30. The minimum absolute atomic E-state index is 0.122. The number of hydrogen-bond donors (Lipinski definition) is 1. The van der Waals surface area contributed by atoms with Gasteiger partial charge in [0, 0.05) is 36.6 Å². The van der Waals surface area contributed by atoms with E-state index in [0.717, 1.165) is 15.7 Å². The van der Waals surface area contributed by atoms with Crippen molar-refractivity contribution in [1.82, 2.24) is 5.32 Å². The summed E-state index contributed by atoms with van der Waals surface area (Å²) in [7, 11) is 0. The standard InChI is InChI=1S/C18H18BrFN2O2/c1-13(23)22(17-8-4-15(19)5-9-17)11-10-18(24)21-12-14-2-6-16(20)7-3-14/h2-9H,10-12H2,1H3,(H,21,24). The van der Waals surface area contributed by atoms with E-state index >= 15 is 0 Å². The van der Waals surface area contributed by atoms with E-state index in [2.05, 4.69) is 21.2 Å². The number of carbonyl (C=O) groups is 2. The van der Waals surface area contributed by atoms with E-state index < -0.39 is 0 Å². The van der Waals surface area contributed by atoms with E-state index in [1.165, 1.54) is 19.1 Å². The van der Waals surface area contributed by atoms with Gasteiger partial charge in [0.15, 0.2) is 0 Å². The molecule has 0 atom stereocenters. The molecule has 0 aliphatic carbocycles. The van der Waals surface area contributed by atoms with Crippen LogP contribution in [0.5, 0.6) is 0 Å². The second-order valence-corrected chi connectivity index (χ2v) is 6.22. The van der Waals surface area contributed by atoms with Crippen LogP contribution >= 0.6 is 15.9 Å². The van der Waals surface area contributed by atoms with Crippen molar-refractivity contribution in [2.45, 2.75) is 19.9 Å². The van der Waals surface area contributed by atoms with Gasteiger partial charge in [-0.15, -0.1) is 0 Å². The molecule has 0 unspecified atom stereocenters. The van der Waals surface area contributed by atoms with Crippen LogP contribution in [-0.4, -0.2) is 18.4 Å². The van der Waals surface area contributed by atoms with Crippen LogP contribution in [0.25, 0.3) is 0 Å². The lowest BCUT2D eigenvalue weighted by molar-refractivity contribution is -0.121. The summed E-state index contributed by atoms with van der Waals surface area (Å²) in [6, 6.07) is 13.3. The van der Waals surface area contributed by atoms with Gasteiger partial charge in [0.1, 0.15) is 5.82 Å². The smallest absolute Gasteiger partial charge is 0.223 e. The maximum Gasteiger partial charge on any atom is 0.223 e. The molecule has 0 heterocycles. The first-order valence-electron chi connectivity index (χ1n) is 7.50. The summed E-state index contributed by atoms with van der Waals surface area (Å²) < 4.78 is 13.8. The van der Waals surface area contributed by atoms with Crippen LogP contribution < -0.4 is 10.2 Å². The van der Waals surface area contributed by atoms with E-state index in [0.29, 0.717) is 13.1 Å². The van der Waals surface area contributed by atoms with Crippen molar-refractivity contribution in [2.24, 2.45) is 0 Å². The Morgan fingerprint density at radius 1 is 1.08 bits per heavy atom. The number of nitrogens with zero attached hydrogens (tertiary/aromatic N) is 1. The number of nitrogens with one attached hydrogen (secondary N) is 1. The van der Waals surface area contributed by atoms with Crippen LogP contribution in [0.4, 0.5) is 10.1 Å². The monoisotopic (exact) mass is 392 g/mol. The number of hydrogen-bond acceptors (Lipinski definition) is 2. The van der Waals surface area contributed by atoms with Crippen LogP contribution in [0.2, 0.25) is 0 Å². The average Bonchev–Trinajstić information content (AvgIpc) is 2.56. The molecule has 2 rings (SSSR count). The van der Waals surface area contributed by atoms with Crippen LogP contribution in [0.15, 0.2) is 53.0 Å². The SMILES string of the molecule is CC(=O)N(CCC(=O)NCc1ccc(F)cc1)c1ccc(Br)cc1. The Bertz CT molecular complexity index is 702. The zero-order valence-corrected chi connectivity index (χ0v) is 14.8. The Hall–Kier alpha value is -2.21. The second kappa shape index (κ2) is 8.59. The minimum Gasteiger partial charge on any atom is -0.352 e. The molecule has 0 aromatic heterocycles. The van der Waals surface area contributed by atoms with E-state index in [4.69, 9.17) is 0 Å². The van der Waals surface area contributed by atoms with Crippen molar-refractivity contribution in [3.05, 3.63) is 64.4 Å². The Kier molecular flexibility index (Phi) is 6.49. The number of carbonyl (C=O) groups excluding carboxylic acids is 2. The van der Waals surface area contributed by atoms with E-state index in [1.54, 1.807) is 17.0 Å². The molecule has 0 aliphatic rings. The van der Waals surface area contributed by atoms with Gasteiger partial charge in [-0.2, -0.15) is 0 Å². The number of benzene rings is 2. The van der Waals surface area contributed by atoms with Gasteiger partial charge in [-0.05, 0) is 42.0 Å². The van der Waals surface area contributed by atoms with E-state index in [-0.39, 0.29) is 24.1 Å². The first-order valence-corrected chi connectivity index (χ1v) is 8.30. The van der Waals surface area contributed by atoms with Crippen molar-refractivity contribution < 1.29 is 14.0 Å². The highest BCUT2D eigenvalue weighted by Gasteiger charge is 2.13. The topological polar surface area (TPSA) is 49.4 Å². The fourth-order valence-corrected chi connectivity index (χ4v) is 2.46. The molecule has 1 N–H and O–H groups in total. The van der Waals surface area contributed by atoms with Crippen molar-refractivity contribution in [3.63, 3.8) is 0 Å². The maximum absolute atomic E-state index is 12.8. The van der Waals surface area contributed by atoms with Crippen molar-refractivity contribution >= 4 is 33.4 Å². The van der Waals surface area contributed by atoms with Crippen molar-refractivity contribution in [2.75, 3.05) is 11.4 Å². The first kappa shape index (κ1) is 18.1. The number of rotatable bonds is 6. The average molecular weight is 393 g/mol. The van der Waals surface area contributed by atoms with Crippen molar-refractivity contribution in [3.8, 4) is 0 Å². The minimum atomic E-state index is -0.309. The lowest BCUT2D eigenvalue weighted by Gasteiger charge is -2.21. The molecule has 2 aromatic carbocycles. The summed E-state index contributed by atoms with van der Waals surface area (Å²) in [5.41, 5.74) is 1.57. The lowest BCUT2D eigenvalue weighted by atomic mass is 10.2. The summed E-state index contributed by atoms with van der Waals surface area (Å²) >= 11 is 3.35. The molecule has 0 aliphatic heterocycles. The third-order valence-electron chi connectivity index (χ3n) is 3.48. The van der Waals surface area contributed by atoms with E-state index in [1.807, 2.05) is 24.3 Å². The zero-order valence-electron chi connectivity index (χ0n) is 13.3. The third-order valence-corrected chi connectivity index (χ3v) is 4.01. The normalized spacial score (nSPS) is 10.3. The van der Waals surface area contributed by atoms with Gasteiger partial charge in [-0.1, -0.05) is 28.1 Å². The molecule has 0 radical (unpaired) electrons. The predicted octanol–water partition coefficient (Wildman–Crippen LogP) is 3.65. The lowest BCUT2D eigenvalue weighted by Crippen LogP contribution is -2.33. The van der Waals surface area contributed by atoms with Gasteiger partial charge >= 0.3 is 0 Å². The highest BCUT2D eigenvalue weighted by Crippen LogP contribution is 2.18. The van der Waals surface area contributed by atoms with Crippen LogP contribution in [0.3, 0.4) is 0 Å². The van der Waals surface area contributed by atoms with E-state index in [9.17, 15) is 14.0 Å². The third kappa shape index (κ3) is 5.45. The Balaban J connectivity index is 1.87. The van der Waals surface area contributed by atoms with Crippen LogP contribution in [0.1, 0.15) is 18.9 Å². The molecule has 4 nitrogen and oxygen atoms in total. The Labute approximate surface area is 148 Å². The summed E-state index contributed by atoms with van der Waals surface area (Å²) in [5, 5.41) is 2.77. The predicted molar refractivity (Wildman–Crippen MR) is 95.0 cm³/mol.